The highest BCUT2D eigenvalue weighted by Crippen LogP contribution is 2.51. The van der Waals surface area contributed by atoms with E-state index >= 15 is 0 Å². The smallest absolute Gasteiger partial charge is 0.388 e. The predicted octanol–water partition coefficient (Wildman–Crippen LogP) is -2.19. The number of nitrogens with two attached hydrogens (primary N) is 2. The summed E-state index contributed by atoms with van der Waals surface area (Å²) in [4.78, 5) is 75.6. The number of rotatable bonds is 17. The Bertz CT molecular complexity index is 1980. The minimum absolute atomic E-state index is 0.0590. The van der Waals surface area contributed by atoms with Crippen molar-refractivity contribution < 1.29 is 70.7 Å². The summed E-state index contributed by atoms with van der Waals surface area (Å²) in [5.41, 5.74) is 9.53. The van der Waals surface area contributed by atoms with Gasteiger partial charge in [0.25, 0.3) is 5.56 Å². The molecule has 11 N–H and O–H groups in total. The second-order valence-electron chi connectivity index (χ2n) is 11.3. The molecule has 5 rings (SSSR count). The van der Waals surface area contributed by atoms with Crippen molar-refractivity contribution in [1.82, 2.24) is 34.2 Å². The minimum Gasteiger partial charge on any atom is -0.388 e. The van der Waals surface area contributed by atoms with Crippen molar-refractivity contribution in [3.8, 4) is 0 Å². The Kier molecular flexibility index (Phi) is 12.5. The first-order valence-corrected chi connectivity index (χ1v) is 19.6. The number of nitrogens with one attached hydrogen (secondary N) is 2. The molecule has 0 spiro atoms. The summed E-state index contributed by atoms with van der Waals surface area (Å²) in [6.07, 6.45) is -6.91. The molecule has 5 heterocycles. The fraction of sp³-hybridized carbons (Fsp3) is 0.609. The predicted molar refractivity (Wildman–Crippen MR) is 172 cm³/mol. The normalized spacial score (nSPS) is 26.6. The Morgan fingerprint density at radius 3 is 2.40 bits per heavy atom. The van der Waals surface area contributed by atoms with Crippen LogP contribution in [0.2, 0.25) is 0 Å². The number of hydrogen-bond donors (Lipinski definition) is 9. The van der Waals surface area contributed by atoms with Crippen molar-refractivity contribution in [2.45, 2.75) is 55.8 Å². The second kappa shape index (κ2) is 16.2. The van der Waals surface area contributed by atoms with Gasteiger partial charge in [0, 0.05) is 26.3 Å². The van der Waals surface area contributed by atoms with E-state index in [1.165, 1.54) is 23.9 Å². The van der Waals surface area contributed by atoms with Gasteiger partial charge >= 0.3 is 29.1 Å². The molecule has 2 aliphatic rings. The molecule has 0 amide bonds. The molecule has 1 unspecified atom stereocenters. The van der Waals surface area contributed by atoms with E-state index in [9.17, 15) is 38.2 Å². The number of imidazole rings is 1. The largest absolute Gasteiger partial charge is 0.469 e. The number of aliphatic hydroxyl groups excluding tert-OH is 1. The third-order valence-corrected chi connectivity index (χ3v) is 10.2. The summed E-state index contributed by atoms with van der Waals surface area (Å²) < 4.78 is 77.5. The number of phosphoric acid groups is 2. The van der Waals surface area contributed by atoms with Gasteiger partial charge in [-0.1, -0.05) is 0 Å². The van der Waals surface area contributed by atoms with Gasteiger partial charge < -0.3 is 50.4 Å². The number of nitrogens with zero attached hydrogens (tertiary/aromatic N) is 5. The molecule has 2 fully saturated rings. The van der Waals surface area contributed by atoms with Gasteiger partial charge in [0.2, 0.25) is 5.95 Å². The molecule has 29 heteroatoms. The van der Waals surface area contributed by atoms with Crippen LogP contribution in [-0.4, -0.2) is 118 Å². The number of H-pyrrole nitrogens is 1. The molecule has 0 saturated carbocycles. The van der Waals surface area contributed by atoms with Crippen molar-refractivity contribution >= 4 is 46.3 Å². The molecule has 0 bridgehead atoms. The van der Waals surface area contributed by atoms with Crippen LogP contribution < -0.4 is 27.8 Å². The number of methoxy groups -OCH3 is 1. The first-order valence-electron chi connectivity index (χ1n) is 15.0. The quantitative estimate of drug-likeness (QED) is 0.0517. The molecule has 2 aliphatic heterocycles. The van der Waals surface area contributed by atoms with Crippen LogP contribution in [0.4, 0.5) is 11.8 Å². The van der Waals surface area contributed by atoms with Crippen LogP contribution in [-0.2, 0) is 46.0 Å². The van der Waals surface area contributed by atoms with Gasteiger partial charge in [0.15, 0.2) is 23.6 Å². The maximum absolute atomic E-state index is 14.4. The lowest BCUT2D eigenvalue weighted by atomic mass is 10.1. The number of hydrogen-bond acceptors (Lipinski definition) is 18. The van der Waals surface area contributed by atoms with Gasteiger partial charge in [0.05, 0.1) is 32.3 Å². The van der Waals surface area contributed by atoms with Crippen molar-refractivity contribution in [2.24, 2.45) is 0 Å². The van der Waals surface area contributed by atoms with E-state index < -0.39 is 97.4 Å². The fourth-order valence-corrected chi connectivity index (χ4v) is 7.68. The van der Waals surface area contributed by atoms with Gasteiger partial charge in [-0.15, -0.1) is 0 Å². The summed E-state index contributed by atoms with van der Waals surface area (Å²) in [5.74, 6) is -0.333. The molecule has 26 nitrogen and oxygen atoms in total. The van der Waals surface area contributed by atoms with Gasteiger partial charge in [-0.05, 0) is 12.5 Å². The Morgan fingerprint density at radius 1 is 1.00 bits per heavy atom. The van der Waals surface area contributed by atoms with Crippen molar-refractivity contribution in [1.29, 1.82) is 0 Å². The van der Waals surface area contributed by atoms with Crippen LogP contribution in [0, 0.1) is 0 Å². The topological polar surface area (TPSA) is 380 Å². The SMILES string of the molecule is CO[C@@H]1[C@H](OP(=O)(NCCCOP(=O)(O)O)OC[C@@H]2C[C@@H](O)[C@H](n3ccc(N)nc3=O)O2)[C@@H](COP(=O)(O)O)O[C@H]1n1cnc2c(=O)[nH]c(N)nc21. The zero-order valence-corrected chi connectivity index (χ0v) is 29.6. The van der Waals surface area contributed by atoms with Crippen LogP contribution in [0.5, 0.6) is 0 Å². The number of phosphoric ester groups is 2. The van der Waals surface area contributed by atoms with E-state index in [2.05, 4.69) is 34.1 Å². The molecular weight excluding hydrogens is 767 g/mol. The summed E-state index contributed by atoms with van der Waals surface area (Å²) in [6, 6.07) is 1.31. The van der Waals surface area contributed by atoms with Crippen LogP contribution in [0.1, 0.15) is 25.3 Å². The Labute approximate surface area is 291 Å². The zero-order chi connectivity index (χ0) is 38.0. The molecule has 0 aliphatic carbocycles. The van der Waals surface area contributed by atoms with Gasteiger partial charge in [-0.2, -0.15) is 9.97 Å². The minimum atomic E-state index is -5.11. The number of anilines is 2. The maximum atomic E-state index is 14.4. The summed E-state index contributed by atoms with van der Waals surface area (Å²) >= 11 is 0. The number of fused-ring (bicyclic) bond motifs is 1. The van der Waals surface area contributed by atoms with Crippen molar-refractivity contribution in [3.63, 3.8) is 0 Å². The van der Waals surface area contributed by atoms with Gasteiger partial charge in [0.1, 0.15) is 30.2 Å². The maximum Gasteiger partial charge on any atom is 0.469 e. The zero-order valence-electron chi connectivity index (χ0n) is 26.9. The molecule has 8 atom stereocenters. The molecule has 52 heavy (non-hydrogen) atoms. The number of aromatic nitrogens is 6. The average Bonchev–Trinajstić information content (AvgIpc) is 3.72. The van der Waals surface area contributed by atoms with Crippen LogP contribution in [0.15, 0.2) is 28.2 Å². The highest BCUT2D eigenvalue weighted by atomic mass is 31.2. The van der Waals surface area contributed by atoms with E-state index in [1.54, 1.807) is 0 Å². The van der Waals surface area contributed by atoms with Crippen molar-refractivity contribution in [3.05, 3.63) is 39.4 Å². The van der Waals surface area contributed by atoms with Crippen LogP contribution >= 0.6 is 23.4 Å². The fourth-order valence-electron chi connectivity index (χ4n) is 5.38. The molecular formula is C23H36N9O17P3. The second-order valence-corrected chi connectivity index (χ2v) is 15.5. The Morgan fingerprint density at radius 2 is 1.73 bits per heavy atom. The highest BCUT2D eigenvalue weighted by molar-refractivity contribution is 7.51. The molecule has 2 saturated heterocycles. The third-order valence-electron chi connectivity index (χ3n) is 7.56. The third kappa shape index (κ3) is 9.95. The number of ether oxygens (including phenoxy) is 3. The monoisotopic (exact) mass is 803 g/mol. The number of aromatic amines is 1. The molecule has 3 aromatic rings. The lowest BCUT2D eigenvalue weighted by Gasteiger charge is -2.28. The van der Waals surface area contributed by atoms with E-state index in [0.29, 0.717) is 0 Å². The summed E-state index contributed by atoms with van der Waals surface area (Å²) in [6.45, 7) is -2.17. The van der Waals surface area contributed by atoms with Crippen LogP contribution in [0.3, 0.4) is 0 Å². The standard InChI is InChI=1S/C23H36N9O17P3/c1-43-17-16(13(9-46-52(40,41)42)48-21(17)32-10-26-15-18(32)29-22(25)30-19(15)34)49-50(36,27-4-2-6-44-51(37,38)39)45-8-11-7-12(33)20(47-11)31-5-3-14(24)28-23(31)35/h3,5,10-13,16-17,20-21,33H,2,4,6-9H2,1H3,(H,27,36)(H2,24,28,35)(H2,37,38,39)(H2,40,41,42)(H3,25,29,30,34)/t11-,12+,13+,16+,17+,20+,21+,50?/m0/s1. The van der Waals surface area contributed by atoms with E-state index in [-0.39, 0.29) is 42.3 Å². The van der Waals surface area contributed by atoms with Gasteiger partial charge in [-0.3, -0.25) is 37.0 Å². The average molecular weight is 804 g/mol. The first-order chi connectivity index (χ1) is 24.4. The number of aliphatic hydroxyl groups is 1. The molecule has 290 valence electrons. The molecule has 0 aromatic carbocycles. The lowest BCUT2D eigenvalue weighted by Crippen LogP contribution is -2.39. The number of nitrogen functional groups attached to an aromatic ring is 2. The van der Waals surface area contributed by atoms with Crippen molar-refractivity contribution in [2.75, 3.05) is 44.9 Å². The van der Waals surface area contributed by atoms with E-state index in [1.807, 2.05) is 0 Å². The molecule has 3 aromatic heterocycles. The first kappa shape index (κ1) is 40.2. The highest BCUT2D eigenvalue weighted by Gasteiger charge is 2.51. The lowest BCUT2D eigenvalue weighted by molar-refractivity contribution is -0.0578. The van der Waals surface area contributed by atoms with E-state index in [0.717, 1.165) is 10.9 Å². The Hall–Kier alpha value is -3.00. The summed E-state index contributed by atoms with van der Waals surface area (Å²) in [7, 11) is -13.4. The Balaban J connectivity index is 1.40. The van der Waals surface area contributed by atoms with Gasteiger partial charge in [-0.25, -0.2) is 28.6 Å². The van der Waals surface area contributed by atoms with Crippen LogP contribution in [0.25, 0.3) is 11.2 Å². The van der Waals surface area contributed by atoms with E-state index in [4.69, 9.17) is 44.5 Å². The molecule has 0 radical (unpaired) electrons. The summed E-state index contributed by atoms with van der Waals surface area (Å²) in [5, 5.41) is 13.2.